The van der Waals surface area contributed by atoms with Gasteiger partial charge in [0.05, 0.1) is 29.7 Å². The highest BCUT2D eigenvalue weighted by Crippen LogP contribution is 2.34. The van der Waals surface area contributed by atoms with E-state index < -0.39 is 0 Å². The van der Waals surface area contributed by atoms with E-state index in [1.54, 1.807) is 6.33 Å². The molecule has 6 heteroatoms. The van der Waals surface area contributed by atoms with E-state index in [9.17, 15) is 5.26 Å². The van der Waals surface area contributed by atoms with Gasteiger partial charge in [0, 0.05) is 49.1 Å². The Balaban J connectivity index is 1.67. The van der Waals surface area contributed by atoms with Gasteiger partial charge in [-0.3, -0.25) is 4.90 Å². The lowest BCUT2D eigenvalue weighted by molar-refractivity contribution is 0.200. The fraction of sp³-hybridized carbons (Fsp3) is 0.333. The zero-order valence-electron chi connectivity index (χ0n) is 15.6. The Morgan fingerprint density at radius 1 is 1.26 bits per heavy atom. The van der Waals surface area contributed by atoms with Crippen LogP contribution in [0.5, 0.6) is 0 Å². The number of nitrogens with zero attached hydrogens (tertiary/aromatic N) is 5. The fourth-order valence-electron chi connectivity index (χ4n) is 3.62. The second-order valence-electron chi connectivity index (χ2n) is 7.23. The second-order valence-corrected chi connectivity index (χ2v) is 7.23. The standard InChI is InChI=1S/C21H22N6/c1-14(2)21-23-10-16(11-24-21)12-27-7-6-18-19(26-13-25-18)20(27)17-5-3-4-15(8-17)9-22/h3-5,8,10-11,13-14,20H,6-7,12H2,1-2H3,(H,25,26)/t20-/m0/s1. The Kier molecular flexibility index (Phi) is 4.69. The maximum absolute atomic E-state index is 9.29. The van der Waals surface area contributed by atoms with Crippen LogP contribution in [0.25, 0.3) is 0 Å². The van der Waals surface area contributed by atoms with Gasteiger partial charge in [-0.05, 0) is 17.7 Å². The smallest absolute Gasteiger partial charge is 0.130 e. The Labute approximate surface area is 158 Å². The van der Waals surface area contributed by atoms with Crippen LogP contribution in [0.1, 0.15) is 59.7 Å². The summed E-state index contributed by atoms with van der Waals surface area (Å²) >= 11 is 0. The number of rotatable bonds is 4. The number of aromatic nitrogens is 4. The maximum Gasteiger partial charge on any atom is 0.130 e. The van der Waals surface area contributed by atoms with Gasteiger partial charge in [-0.15, -0.1) is 0 Å². The molecule has 0 unspecified atom stereocenters. The van der Waals surface area contributed by atoms with Crippen molar-refractivity contribution in [2.75, 3.05) is 6.54 Å². The third kappa shape index (κ3) is 3.46. The van der Waals surface area contributed by atoms with Gasteiger partial charge in [-0.25, -0.2) is 15.0 Å². The van der Waals surface area contributed by atoms with E-state index in [-0.39, 0.29) is 6.04 Å². The van der Waals surface area contributed by atoms with Gasteiger partial charge in [0.2, 0.25) is 0 Å². The third-order valence-corrected chi connectivity index (χ3v) is 4.98. The number of imidazole rings is 1. The Morgan fingerprint density at radius 3 is 2.81 bits per heavy atom. The number of hydrogen-bond acceptors (Lipinski definition) is 5. The molecule has 0 bridgehead atoms. The Morgan fingerprint density at radius 2 is 2.07 bits per heavy atom. The number of benzene rings is 1. The molecule has 1 aliphatic heterocycles. The summed E-state index contributed by atoms with van der Waals surface area (Å²) in [4.78, 5) is 19.2. The summed E-state index contributed by atoms with van der Waals surface area (Å²) in [5.74, 6) is 1.19. The Bertz CT molecular complexity index is 967. The molecule has 0 radical (unpaired) electrons. The van der Waals surface area contributed by atoms with Crippen LogP contribution < -0.4 is 0 Å². The average molecular weight is 358 g/mol. The van der Waals surface area contributed by atoms with Crippen molar-refractivity contribution < 1.29 is 0 Å². The van der Waals surface area contributed by atoms with Crippen LogP contribution in [-0.2, 0) is 13.0 Å². The van der Waals surface area contributed by atoms with Crippen LogP contribution >= 0.6 is 0 Å². The molecule has 0 amide bonds. The van der Waals surface area contributed by atoms with Crippen molar-refractivity contribution >= 4 is 0 Å². The number of nitrogens with one attached hydrogen (secondary N) is 1. The Hall–Kier alpha value is -3.04. The molecule has 2 aromatic heterocycles. The number of hydrogen-bond donors (Lipinski definition) is 1. The van der Waals surface area contributed by atoms with E-state index in [0.717, 1.165) is 42.2 Å². The molecule has 3 heterocycles. The molecular weight excluding hydrogens is 336 g/mol. The SMILES string of the molecule is CC(C)c1ncc(CN2CCc3[nH]cnc3[C@@H]2c2cccc(C#N)c2)cn1. The molecular formula is C21H22N6. The summed E-state index contributed by atoms with van der Waals surface area (Å²) in [5, 5.41) is 9.29. The predicted octanol–water partition coefficient (Wildman–Crippen LogP) is 3.34. The summed E-state index contributed by atoms with van der Waals surface area (Å²) in [6.45, 7) is 5.84. The van der Waals surface area contributed by atoms with Crippen molar-refractivity contribution in [2.24, 2.45) is 0 Å². The largest absolute Gasteiger partial charge is 0.348 e. The first-order valence-corrected chi connectivity index (χ1v) is 9.22. The van der Waals surface area contributed by atoms with Crippen molar-refractivity contribution in [2.45, 2.75) is 38.8 Å². The first-order valence-electron chi connectivity index (χ1n) is 9.22. The highest BCUT2D eigenvalue weighted by atomic mass is 15.2. The lowest BCUT2D eigenvalue weighted by Crippen LogP contribution is -2.36. The highest BCUT2D eigenvalue weighted by Gasteiger charge is 2.31. The molecule has 0 spiro atoms. The second kappa shape index (κ2) is 7.29. The topological polar surface area (TPSA) is 81.5 Å². The van der Waals surface area contributed by atoms with Gasteiger partial charge in [0.25, 0.3) is 0 Å². The van der Waals surface area contributed by atoms with Crippen molar-refractivity contribution in [3.63, 3.8) is 0 Å². The van der Waals surface area contributed by atoms with E-state index in [1.807, 2.05) is 30.6 Å². The van der Waals surface area contributed by atoms with Crippen molar-refractivity contribution in [1.82, 2.24) is 24.8 Å². The summed E-state index contributed by atoms with van der Waals surface area (Å²) < 4.78 is 0. The van der Waals surface area contributed by atoms with Gasteiger partial charge in [-0.2, -0.15) is 5.26 Å². The summed E-state index contributed by atoms with van der Waals surface area (Å²) in [6, 6.07) is 10.1. The first kappa shape index (κ1) is 17.4. The van der Waals surface area contributed by atoms with Crippen molar-refractivity contribution in [3.05, 3.63) is 76.9 Å². The lowest BCUT2D eigenvalue weighted by atomic mass is 9.94. The molecule has 1 atom stereocenters. The lowest BCUT2D eigenvalue weighted by Gasteiger charge is -2.35. The van der Waals surface area contributed by atoms with Gasteiger partial charge >= 0.3 is 0 Å². The van der Waals surface area contributed by atoms with Crippen LogP contribution in [0, 0.1) is 11.3 Å². The zero-order valence-corrected chi connectivity index (χ0v) is 15.6. The molecule has 0 saturated heterocycles. The number of fused-ring (bicyclic) bond motifs is 1. The molecule has 6 nitrogen and oxygen atoms in total. The molecule has 136 valence electrons. The molecule has 0 saturated carbocycles. The van der Waals surface area contributed by atoms with Gasteiger partial charge in [-0.1, -0.05) is 26.0 Å². The summed E-state index contributed by atoms with van der Waals surface area (Å²) in [5.41, 5.74) is 5.04. The van der Waals surface area contributed by atoms with E-state index in [2.05, 4.69) is 50.8 Å². The highest BCUT2D eigenvalue weighted by molar-refractivity contribution is 5.39. The molecule has 3 aromatic rings. The summed E-state index contributed by atoms with van der Waals surface area (Å²) in [7, 11) is 0. The van der Waals surface area contributed by atoms with E-state index in [4.69, 9.17) is 0 Å². The molecule has 4 rings (SSSR count). The quantitative estimate of drug-likeness (QED) is 0.773. The van der Waals surface area contributed by atoms with Gasteiger partial charge < -0.3 is 4.98 Å². The van der Waals surface area contributed by atoms with E-state index in [1.165, 1.54) is 5.69 Å². The third-order valence-electron chi connectivity index (χ3n) is 4.98. The number of nitriles is 1. The van der Waals surface area contributed by atoms with Crippen LogP contribution in [0.2, 0.25) is 0 Å². The minimum Gasteiger partial charge on any atom is -0.348 e. The molecule has 27 heavy (non-hydrogen) atoms. The van der Waals surface area contributed by atoms with Crippen molar-refractivity contribution in [3.8, 4) is 6.07 Å². The molecule has 1 aromatic carbocycles. The van der Waals surface area contributed by atoms with Gasteiger partial charge in [0.15, 0.2) is 0 Å². The molecule has 1 aliphatic rings. The van der Waals surface area contributed by atoms with Crippen LogP contribution in [-0.4, -0.2) is 31.4 Å². The summed E-state index contributed by atoms with van der Waals surface area (Å²) in [6.07, 6.45) is 6.53. The minimum absolute atomic E-state index is 0.0121. The fourth-order valence-corrected chi connectivity index (χ4v) is 3.62. The van der Waals surface area contributed by atoms with Crippen molar-refractivity contribution in [1.29, 1.82) is 5.26 Å². The number of aromatic amines is 1. The van der Waals surface area contributed by atoms with Gasteiger partial charge in [0.1, 0.15) is 5.82 Å². The maximum atomic E-state index is 9.29. The van der Waals surface area contributed by atoms with E-state index >= 15 is 0 Å². The zero-order chi connectivity index (χ0) is 18.8. The normalized spacial score (nSPS) is 16.9. The molecule has 0 aliphatic carbocycles. The van der Waals surface area contributed by atoms with Crippen LogP contribution in [0.3, 0.4) is 0 Å². The van der Waals surface area contributed by atoms with Crippen LogP contribution in [0.4, 0.5) is 0 Å². The first-order chi connectivity index (χ1) is 13.2. The minimum atomic E-state index is 0.0121. The number of H-pyrrole nitrogens is 1. The van der Waals surface area contributed by atoms with Crippen LogP contribution in [0.15, 0.2) is 43.0 Å². The molecule has 1 N–H and O–H groups in total. The van der Waals surface area contributed by atoms with E-state index in [0.29, 0.717) is 11.5 Å². The predicted molar refractivity (Wildman–Crippen MR) is 102 cm³/mol. The monoisotopic (exact) mass is 358 g/mol. The molecule has 0 fully saturated rings. The average Bonchev–Trinajstić information content (AvgIpc) is 3.17.